The van der Waals surface area contributed by atoms with E-state index < -0.39 is 0 Å². The van der Waals surface area contributed by atoms with E-state index >= 15 is 0 Å². The van der Waals surface area contributed by atoms with E-state index in [0.29, 0.717) is 6.42 Å². The number of carbonyl (C=O) groups is 2. The lowest BCUT2D eigenvalue weighted by Gasteiger charge is -2.20. The second kappa shape index (κ2) is 5.04. The molecule has 18 heavy (non-hydrogen) atoms. The molecule has 1 aromatic rings. The van der Waals surface area contributed by atoms with Crippen molar-refractivity contribution in [1.82, 2.24) is 5.32 Å². The van der Waals surface area contributed by atoms with Crippen LogP contribution in [0.4, 0.5) is 5.69 Å². The minimum atomic E-state index is -0.187. The van der Waals surface area contributed by atoms with E-state index in [1.807, 2.05) is 25.1 Å². The van der Waals surface area contributed by atoms with Crippen molar-refractivity contribution in [2.45, 2.75) is 25.8 Å². The number of aryl methyl sites for hydroxylation is 1. The smallest absolute Gasteiger partial charge is 0.243 e. The fourth-order valence-corrected chi connectivity index (χ4v) is 2.03. The number of fused-ring (bicyclic) bond motifs is 1. The molecule has 0 saturated heterocycles. The Morgan fingerprint density at radius 3 is 3.00 bits per heavy atom. The van der Waals surface area contributed by atoms with Crippen molar-refractivity contribution >= 4 is 17.5 Å². The zero-order chi connectivity index (χ0) is 13.1. The fourth-order valence-electron chi connectivity index (χ4n) is 2.03. The third-order valence-corrected chi connectivity index (χ3v) is 3.07. The molecule has 0 bridgehead atoms. The van der Waals surface area contributed by atoms with Crippen molar-refractivity contribution in [3.63, 3.8) is 0 Å². The van der Waals surface area contributed by atoms with Crippen molar-refractivity contribution in [2.24, 2.45) is 0 Å². The summed E-state index contributed by atoms with van der Waals surface area (Å²) in [7, 11) is 0. The summed E-state index contributed by atoms with van der Waals surface area (Å²) in [6.07, 6.45) is 2.52. The highest BCUT2D eigenvalue weighted by Gasteiger charge is 2.16. The zero-order valence-electron chi connectivity index (χ0n) is 10.3. The van der Waals surface area contributed by atoms with E-state index in [9.17, 15) is 9.59 Å². The van der Waals surface area contributed by atoms with E-state index in [4.69, 9.17) is 0 Å². The molecule has 2 rings (SSSR count). The van der Waals surface area contributed by atoms with Gasteiger partial charge >= 0.3 is 0 Å². The molecule has 2 amide bonds. The van der Waals surface area contributed by atoms with Gasteiger partial charge in [0.15, 0.2) is 0 Å². The molecular weight excluding hydrogens is 228 g/mol. The molecule has 4 nitrogen and oxygen atoms in total. The van der Waals surface area contributed by atoms with Gasteiger partial charge in [0.05, 0.1) is 6.04 Å². The van der Waals surface area contributed by atoms with Crippen LogP contribution in [0.1, 0.15) is 30.5 Å². The van der Waals surface area contributed by atoms with Crippen LogP contribution in [0.25, 0.3) is 0 Å². The van der Waals surface area contributed by atoms with Gasteiger partial charge in [-0.25, -0.2) is 0 Å². The Morgan fingerprint density at radius 2 is 2.28 bits per heavy atom. The Kier molecular flexibility index (Phi) is 3.46. The topological polar surface area (TPSA) is 58.2 Å². The highest BCUT2D eigenvalue weighted by atomic mass is 16.2. The maximum Gasteiger partial charge on any atom is 0.243 e. The van der Waals surface area contributed by atoms with Gasteiger partial charge in [-0.2, -0.15) is 0 Å². The normalized spacial score (nSPS) is 15.3. The largest absolute Gasteiger partial charge is 0.346 e. The number of hydrogen-bond acceptors (Lipinski definition) is 2. The lowest BCUT2D eigenvalue weighted by atomic mass is 9.98. The van der Waals surface area contributed by atoms with Crippen LogP contribution in [0.2, 0.25) is 0 Å². The lowest BCUT2D eigenvalue weighted by Crippen LogP contribution is -2.25. The molecular formula is C14H16N2O2. The molecule has 0 fully saturated rings. The Bertz CT molecular complexity index is 509. The van der Waals surface area contributed by atoms with E-state index in [1.165, 1.54) is 6.08 Å². The molecule has 1 aromatic carbocycles. The maximum absolute atomic E-state index is 11.2. The summed E-state index contributed by atoms with van der Waals surface area (Å²) < 4.78 is 0. The van der Waals surface area contributed by atoms with Gasteiger partial charge in [-0.3, -0.25) is 9.59 Å². The molecule has 0 saturated carbocycles. The molecule has 1 aliphatic rings. The third-order valence-electron chi connectivity index (χ3n) is 3.07. The molecule has 0 aromatic heterocycles. The summed E-state index contributed by atoms with van der Waals surface area (Å²) in [5, 5.41) is 5.65. The molecule has 2 N–H and O–H groups in total. The van der Waals surface area contributed by atoms with Gasteiger partial charge < -0.3 is 10.6 Å². The highest BCUT2D eigenvalue weighted by molar-refractivity contribution is 5.94. The molecule has 1 heterocycles. The Morgan fingerprint density at radius 1 is 1.50 bits per heavy atom. The van der Waals surface area contributed by atoms with Crippen LogP contribution >= 0.6 is 0 Å². The number of rotatable bonds is 3. The van der Waals surface area contributed by atoms with E-state index in [1.54, 1.807) is 0 Å². The lowest BCUT2D eigenvalue weighted by molar-refractivity contribution is -0.117. The average molecular weight is 244 g/mol. The minimum absolute atomic E-state index is 0.0586. The van der Waals surface area contributed by atoms with Gasteiger partial charge in [0.1, 0.15) is 0 Å². The monoisotopic (exact) mass is 244 g/mol. The molecule has 1 atom stereocenters. The van der Waals surface area contributed by atoms with Crippen molar-refractivity contribution in [1.29, 1.82) is 0 Å². The van der Waals surface area contributed by atoms with Gasteiger partial charge in [-0.1, -0.05) is 18.7 Å². The first-order chi connectivity index (χ1) is 8.60. The Balaban J connectivity index is 2.18. The molecule has 0 spiro atoms. The number of carbonyl (C=O) groups excluding carboxylic acids is 2. The molecule has 1 unspecified atom stereocenters. The van der Waals surface area contributed by atoms with Crippen LogP contribution in [0.3, 0.4) is 0 Å². The Hall–Kier alpha value is -2.10. The summed E-state index contributed by atoms with van der Waals surface area (Å²) in [6.45, 7) is 5.35. The first-order valence-electron chi connectivity index (χ1n) is 5.96. The summed E-state index contributed by atoms with van der Waals surface area (Å²) >= 11 is 0. The van der Waals surface area contributed by atoms with Crippen molar-refractivity contribution in [2.75, 3.05) is 5.32 Å². The van der Waals surface area contributed by atoms with Crippen molar-refractivity contribution < 1.29 is 9.59 Å². The number of anilines is 1. The van der Waals surface area contributed by atoms with E-state index in [0.717, 1.165) is 23.2 Å². The van der Waals surface area contributed by atoms with Crippen LogP contribution < -0.4 is 10.6 Å². The van der Waals surface area contributed by atoms with Crippen LogP contribution in [0.15, 0.2) is 30.9 Å². The predicted molar refractivity (Wildman–Crippen MR) is 70.1 cm³/mol. The minimum Gasteiger partial charge on any atom is -0.346 e. The summed E-state index contributed by atoms with van der Waals surface area (Å²) in [5.41, 5.74) is 3.02. The van der Waals surface area contributed by atoms with Crippen LogP contribution in [0, 0.1) is 0 Å². The SMILES string of the molecule is C=CC(=O)NC(C)c1ccc2c(c1)CCC(=O)N2. The number of hydrogen-bond donors (Lipinski definition) is 2. The molecule has 4 heteroatoms. The van der Waals surface area contributed by atoms with E-state index in [-0.39, 0.29) is 17.9 Å². The highest BCUT2D eigenvalue weighted by Crippen LogP contribution is 2.25. The predicted octanol–water partition coefficient (Wildman–Crippen LogP) is 1.93. The first-order valence-corrected chi connectivity index (χ1v) is 5.96. The number of nitrogens with one attached hydrogen (secondary N) is 2. The molecule has 0 aliphatic carbocycles. The van der Waals surface area contributed by atoms with Crippen LogP contribution in [-0.4, -0.2) is 11.8 Å². The van der Waals surface area contributed by atoms with Crippen molar-refractivity contribution in [3.05, 3.63) is 42.0 Å². The molecule has 0 radical (unpaired) electrons. The standard InChI is InChI=1S/C14H16N2O2/c1-3-13(17)15-9(2)10-4-6-12-11(8-10)5-7-14(18)16-12/h3-4,6,8-9H,1,5,7H2,2H3,(H,15,17)(H,16,18). The first kappa shape index (κ1) is 12.4. The van der Waals surface area contributed by atoms with Gasteiger partial charge in [0.25, 0.3) is 0 Å². The number of benzene rings is 1. The summed E-state index contributed by atoms with van der Waals surface area (Å²) in [5.74, 6) is -0.128. The van der Waals surface area contributed by atoms with E-state index in [2.05, 4.69) is 17.2 Å². The second-order valence-corrected chi connectivity index (χ2v) is 4.40. The zero-order valence-corrected chi connectivity index (χ0v) is 10.3. The molecule has 94 valence electrons. The summed E-state index contributed by atoms with van der Waals surface area (Å²) in [4.78, 5) is 22.5. The summed E-state index contributed by atoms with van der Waals surface area (Å²) in [6, 6.07) is 5.76. The Labute approximate surface area is 106 Å². The molecule has 1 aliphatic heterocycles. The van der Waals surface area contributed by atoms with Crippen LogP contribution in [-0.2, 0) is 16.0 Å². The van der Waals surface area contributed by atoms with Gasteiger partial charge in [0.2, 0.25) is 11.8 Å². The maximum atomic E-state index is 11.2. The van der Waals surface area contributed by atoms with Crippen molar-refractivity contribution in [3.8, 4) is 0 Å². The van der Waals surface area contributed by atoms with Gasteiger partial charge in [-0.05, 0) is 36.6 Å². The second-order valence-electron chi connectivity index (χ2n) is 4.40. The van der Waals surface area contributed by atoms with Gasteiger partial charge in [0, 0.05) is 12.1 Å². The quantitative estimate of drug-likeness (QED) is 0.798. The average Bonchev–Trinajstić information content (AvgIpc) is 2.37. The van der Waals surface area contributed by atoms with Gasteiger partial charge in [-0.15, -0.1) is 0 Å². The number of amides is 2. The third kappa shape index (κ3) is 2.59. The van der Waals surface area contributed by atoms with Crippen LogP contribution in [0.5, 0.6) is 0 Å². The fraction of sp³-hybridized carbons (Fsp3) is 0.286.